The first-order chi connectivity index (χ1) is 23.0. The van der Waals surface area contributed by atoms with E-state index in [1.807, 2.05) is 56.3 Å². The molecular formula is C36H44N6O6. The summed E-state index contributed by atoms with van der Waals surface area (Å²) in [6.45, 7) is 5.65. The minimum absolute atomic E-state index is 0.0318. The highest BCUT2D eigenvalue weighted by Gasteiger charge is 2.35. The van der Waals surface area contributed by atoms with Gasteiger partial charge in [-0.15, -0.1) is 0 Å². The maximum Gasteiger partial charge on any atom is 0.255 e. The number of nitrogens with zero attached hydrogens (tertiary/aromatic N) is 2. The second-order valence-corrected chi connectivity index (χ2v) is 12.2. The molecule has 0 unspecified atom stereocenters. The number of para-hydroxylation sites is 1. The number of pyridine rings is 1. The van der Waals surface area contributed by atoms with E-state index in [-0.39, 0.29) is 36.8 Å². The molecule has 1 aliphatic rings. The van der Waals surface area contributed by atoms with E-state index >= 15 is 0 Å². The molecule has 1 aromatic heterocycles. The maximum absolute atomic E-state index is 13.9. The van der Waals surface area contributed by atoms with Crippen molar-refractivity contribution in [1.82, 2.24) is 31.2 Å². The van der Waals surface area contributed by atoms with Gasteiger partial charge in [0, 0.05) is 38.3 Å². The summed E-state index contributed by atoms with van der Waals surface area (Å²) >= 11 is 0. The molecule has 4 rings (SSSR count). The second-order valence-electron chi connectivity index (χ2n) is 12.2. The number of likely N-dealkylation sites (N-methyl/N-ethyl adjacent to an activating group) is 1. The Morgan fingerprint density at radius 1 is 0.938 bits per heavy atom. The first-order valence-corrected chi connectivity index (χ1v) is 16.1. The van der Waals surface area contributed by atoms with Crippen molar-refractivity contribution in [2.24, 2.45) is 5.92 Å². The molecule has 48 heavy (non-hydrogen) atoms. The van der Waals surface area contributed by atoms with Gasteiger partial charge < -0.3 is 30.9 Å². The molecule has 1 aliphatic heterocycles. The molecule has 254 valence electrons. The SMILES string of the molecule is CC(C)[C@H]1NC(=O)[C@H](Cc2ccccc2)N(C)C(=O)C[C@@H](C(=O)NCCc2ccccn2)NC(=O)c2ccccc2OC[C@H](C)NC1=O. The highest BCUT2D eigenvalue weighted by atomic mass is 16.5. The third-order valence-corrected chi connectivity index (χ3v) is 8.10. The van der Waals surface area contributed by atoms with Gasteiger partial charge in [0.25, 0.3) is 5.91 Å². The topological polar surface area (TPSA) is 159 Å². The standard InChI is InChI=1S/C36H44N6O6/c1-23(2)32-36(47)39-24(3)22-48-30-16-9-8-15-27(30)33(44)40-28(34(45)38-19-17-26-14-10-11-18-37-26)21-31(43)42(4)29(35(46)41-32)20-25-12-6-5-7-13-25/h5-16,18,23-24,28-29,32H,17,19-22H2,1-4H3,(H,38,45)(H,39,47)(H,40,44)(H,41,46)/t24-,28-,29-,32+/m0/s1. The first kappa shape index (κ1) is 35.6. The Morgan fingerprint density at radius 2 is 1.65 bits per heavy atom. The highest BCUT2D eigenvalue weighted by molar-refractivity contribution is 6.01. The molecule has 12 heteroatoms. The summed E-state index contributed by atoms with van der Waals surface area (Å²) in [5.74, 6) is -2.69. The third-order valence-electron chi connectivity index (χ3n) is 8.10. The molecule has 0 bridgehead atoms. The van der Waals surface area contributed by atoms with Crippen LogP contribution in [-0.2, 0) is 32.0 Å². The van der Waals surface area contributed by atoms with Gasteiger partial charge in [0.1, 0.15) is 30.5 Å². The maximum atomic E-state index is 13.9. The van der Waals surface area contributed by atoms with Crippen LogP contribution in [0.4, 0.5) is 0 Å². The summed E-state index contributed by atoms with van der Waals surface area (Å²) in [4.78, 5) is 73.9. The van der Waals surface area contributed by atoms with Crippen molar-refractivity contribution in [2.45, 2.75) is 64.2 Å². The zero-order valence-electron chi connectivity index (χ0n) is 27.8. The van der Waals surface area contributed by atoms with Crippen LogP contribution >= 0.6 is 0 Å². The molecule has 0 saturated heterocycles. The van der Waals surface area contributed by atoms with E-state index in [1.165, 1.54) is 11.9 Å². The summed E-state index contributed by atoms with van der Waals surface area (Å²) in [6.07, 6.45) is 1.84. The molecule has 4 atom stereocenters. The Morgan fingerprint density at radius 3 is 2.35 bits per heavy atom. The van der Waals surface area contributed by atoms with Gasteiger partial charge in [-0.1, -0.05) is 62.4 Å². The van der Waals surface area contributed by atoms with Gasteiger partial charge in [0.15, 0.2) is 0 Å². The normalized spacial score (nSPS) is 21.2. The van der Waals surface area contributed by atoms with Gasteiger partial charge in [-0.25, -0.2) is 0 Å². The molecule has 3 aromatic rings. The monoisotopic (exact) mass is 656 g/mol. The largest absolute Gasteiger partial charge is 0.491 e. The molecular weight excluding hydrogens is 612 g/mol. The summed E-state index contributed by atoms with van der Waals surface area (Å²) in [7, 11) is 1.48. The molecule has 4 N–H and O–H groups in total. The second kappa shape index (κ2) is 17.1. The Labute approximate surface area is 281 Å². The number of amides is 5. The number of rotatable bonds is 7. The number of nitrogens with one attached hydrogen (secondary N) is 4. The van der Waals surface area contributed by atoms with Crippen molar-refractivity contribution in [3.05, 3.63) is 95.8 Å². The van der Waals surface area contributed by atoms with Crippen molar-refractivity contribution in [3.8, 4) is 5.75 Å². The molecule has 0 radical (unpaired) electrons. The van der Waals surface area contributed by atoms with Gasteiger partial charge in [0.2, 0.25) is 23.6 Å². The number of fused-ring (bicyclic) bond motifs is 1. The fourth-order valence-electron chi connectivity index (χ4n) is 5.32. The van der Waals surface area contributed by atoms with E-state index in [0.29, 0.717) is 6.42 Å². The molecule has 0 fully saturated rings. The van der Waals surface area contributed by atoms with Gasteiger partial charge in [-0.2, -0.15) is 0 Å². The van der Waals surface area contributed by atoms with E-state index in [1.54, 1.807) is 43.5 Å². The molecule has 5 amide bonds. The molecule has 2 heterocycles. The van der Waals surface area contributed by atoms with Crippen LogP contribution in [0.15, 0.2) is 79.0 Å². The fourth-order valence-corrected chi connectivity index (χ4v) is 5.32. The van der Waals surface area contributed by atoms with E-state index in [0.717, 1.165) is 11.3 Å². The van der Waals surface area contributed by atoms with Crippen LogP contribution in [0.1, 0.15) is 48.8 Å². The van der Waals surface area contributed by atoms with Gasteiger partial charge >= 0.3 is 0 Å². The van der Waals surface area contributed by atoms with Gasteiger partial charge in [0.05, 0.1) is 18.0 Å². The van der Waals surface area contributed by atoms with Crippen LogP contribution in [0.3, 0.4) is 0 Å². The molecule has 0 saturated carbocycles. The predicted octanol–water partition coefficient (Wildman–Crippen LogP) is 2.04. The quantitative estimate of drug-likeness (QED) is 0.303. The third kappa shape index (κ3) is 9.87. The lowest BCUT2D eigenvalue weighted by Gasteiger charge is -2.31. The fraction of sp³-hybridized carbons (Fsp3) is 0.389. The molecule has 2 aromatic carbocycles. The lowest BCUT2D eigenvalue weighted by atomic mass is 9.99. The zero-order chi connectivity index (χ0) is 34.6. The van der Waals surface area contributed by atoms with Crippen LogP contribution in [0.25, 0.3) is 0 Å². The van der Waals surface area contributed by atoms with E-state index < -0.39 is 60.1 Å². The Kier molecular flexibility index (Phi) is 12.6. The Bertz CT molecular complexity index is 1570. The number of benzene rings is 2. The molecule has 12 nitrogen and oxygen atoms in total. The average Bonchev–Trinajstić information content (AvgIpc) is 3.08. The Hall–Kier alpha value is -5.26. The Balaban J connectivity index is 1.67. The minimum atomic E-state index is -1.27. The highest BCUT2D eigenvalue weighted by Crippen LogP contribution is 2.19. The number of carbonyl (C=O) groups is 5. The minimum Gasteiger partial charge on any atom is -0.491 e. The van der Waals surface area contributed by atoms with E-state index in [9.17, 15) is 24.0 Å². The van der Waals surface area contributed by atoms with Crippen molar-refractivity contribution in [1.29, 1.82) is 0 Å². The number of hydrogen-bond acceptors (Lipinski definition) is 7. The van der Waals surface area contributed by atoms with E-state index in [2.05, 4.69) is 26.3 Å². The van der Waals surface area contributed by atoms with Gasteiger partial charge in [-0.3, -0.25) is 29.0 Å². The summed E-state index contributed by atoms with van der Waals surface area (Å²) in [5.41, 5.74) is 1.73. The summed E-state index contributed by atoms with van der Waals surface area (Å²) in [6, 6.07) is 17.6. The molecule has 0 aliphatic carbocycles. The lowest BCUT2D eigenvalue weighted by molar-refractivity contribution is -0.141. The van der Waals surface area contributed by atoms with Crippen LogP contribution < -0.4 is 26.0 Å². The number of ether oxygens (including phenoxy) is 1. The summed E-state index contributed by atoms with van der Waals surface area (Å²) < 4.78 is 5.95. The van der Waals surface area contributed by atoms with Crippen LogP contribution in [0.5, 0.6) is 5.75 Å². The summed E-state index contributed by atoms with van der Waals surface area (Å²) in [5, 5.41) is 11.3. The molecule has 0 spiro atoms. The smallest absolute Gasteiger partial charge is 0.255 e. The van der Waals surface area contributed by atoms with Crippen molar-refractivity contribution >= 4 is 29.5 Å². The van der Waals surface area contributed by atoms with Crippen LogP contribution in [-0.4, -0.2) is 83.8 Å². The average molecular weight is 657 g/mol. The van der Waals surface area contributed by atoms with E-state index in [4.69, 9.17) is 4.74 Å². The number of hydrogen-bond donors (Lipinski definition) is 4. The van der Waals surface area contributed by atoms with Crippen LogP contribution in [0.2, 0.25) is 0 Å². The number of carbonyl (C=O) groups excluding carboxylic acids is 5. The zero-order valence-corrected chi connectivity index (χ0v) is 27.8. The van der Waals surface area contributed by atoms with Crippen molar-refractivity contribution in [2.75, 3.05) is 20.2 Å². The van der Waals surface area contributed by atoms with Crippen molar-refractivity contribution in [3.63, 3.8) is 0 Å². The van der Waals surface area contributed by atoms with Gasteiger partial charge in [-0.05, 0) is 42.7 Å². The first-order valence-electron chi connectivity index (χ1n) is 16.1. The van der Waals surface area contributed by atoms with Crippen molar-refractivity contribution < 1.29 is 28.7 Å². The van der Waals surface area contributed by atoms with Crippen LogP contribution in [0, 0.1) is 5.92 Å². The number of aromatic nitrogens is 1. The lowest BCUT2D eigenvalue weighted by Crippen LogP contribution is -2.58. The predicted molar refractivity (Wildman–Crippen MR) is 180 cm³/mol.